The van der Waals surface area contributed by atoms with Crippen LogP contribution in [0, 0.1) is 6.92 Å². The van der Waals surface area contributed by atoms with Crippen LogP contribution in [0.2, 0.25) is 5.02 Å². The molecule has 7 nitrogen and oxygen atoms in total. The Hall–Kier alpha value is -3.36. The zero-order valence-electron chi connectivity index (χ0n) is 24.2. The highest BCUT2D eigenvalue weighted by Crippen LogP contribution is 2.21. The van der Waals surface area contributed by atoms with Crippen molar-refractivity contribution in [2.45, 2.75) is 65.1 Å². The fourth-order valence-corrected chi connectivity index (χ4v) is 5.72. The molecule has 0 fully saturated rings. The number of aryl methyl sites for hydroxylation is 1. The van der Waals surface area contributed by atoms with Gasteiger partial charge in [-0.25, -0.2) is 8.42 Å². The van der Waals surface area contributed by atoms with E-state index in [1.165, 1.54) is 4.31 Å². The Morgan fingerprint density at radius 3 is 2.22 bits per heavy atom. The molecule has 0 radical (unpaired) electrons. The predicted molar refractivity (Wildman–Crippen MR) is 166 cm³/mol. The maximum absolute atomic E-state index is 13.9. The molecule has 0 saturated heterocycles. The summed E-state index contributed by atoms with van der Waals surface area (Å²) < 4.78 is 26.5. The molecule has 3 aromatic rings. The van der Waals surface area contributed by atoms with Gasteiger partial charge >= 0.3 is 0 Å². The van der Waals surface area contributed by atoms with Crippen molar-refractivity contribution in [1.82, 2.24) is 10.2 Å². The lowest BCUT2D eigenvalue weighted by atomic mass is 10.0. The van der Waals surface area contributed by atoms with Gasteiger partial charge in [-0.05, 0) is 62.1 Å². The van der Waals surface area contributed by atoms with Gasteiger partial charge in [0.05, 0.1) is 11.9 Å². The van der Waals surface area contributed by atoms with Gasteiger partial charge in [-0.3, -0.25) is 13.9 Å². The van der Waals surface area contributed by atoms with Crippen molar-refractivity contribution in [3.8, 4) is 0 Å². The number of rotatable bonds is 14. The van der Waals surface area contributed by atoms with Gasteiger partial charge in [0.25, 0.3) is 0 Å². The Morgan fingerprint density at radius 1 is 0.951 bits per heavy atom. The quantitative estimate of drug-likeness (QED) is 0.256. The fourth-order valence-electron chi connectivity index (χ4n) is 4.54. The van der Waals surface area contributed by atoms with E-state index in [1.807, 2.05) is 75.4 Å². The highest BCUT2D eigenvalue weighted by molar-refractivity contribution is 7.92. The summed E-state index contributed by atoms with van der Waals surface area (Å²) in [7, 11) is -3.56. The average molecular weight is 598 g/mol. The second-order valence-electron chi connectivity index (χ2n) is 10.4. The van der Waals surface area contributed by atoms with Crippen LogP contribution < -0.4 is 9.62 Å². The summed E-state index contributed by atoms with van der Waals surface area (Å²) in [5.41, 5.74) is 3.31. The number of benzene rings is 3. The number of sulfonamides is 1. The van der Waals surface area contributed by atoms with Gasteiger partial charge in [-0.15, -0.1) is 0 Å². The lowest BCUT2D eigenvalue weighted by Crippen LogP contribution is -2.52. The number of nitrogens with zero attached hydrogens (tertiary/aromatic N) is 2. The van der Waals surface area contributed by atoms with Crippen LogP contribution in [-0.4, -0.2) is 50.0 Å². The molecular weight excluding hydrogens is 558 g/mol. The summed E-state index contributed by atoms with van der Waals surface area (Å²) >= 11 is 6.25. The summed E-state index contributed by atoms with van der Waals surface area (Å²) in [6, 6.07) is 23.3. The number of halogens is 1. The van der Waals surface area contributed by atoms with E-state index in [4.69, 9.17) is 11.6 Å². The number of hydrogen-bond acceptors (Lipinski definition) is 4. The zero-order chi connectivity index (χ0) is 30.0. The van der Waals surface area contributed by atoms with E-state index in [9.17, 15) is 18.0 Å². The number of amides is 2. The van der Waals surface area contributed by atoms with Gasteiger partial charge in [0.15, 0.2) is 0 Å². The molecular formula is C32H40ClN3O4S. The molecule has 0 heterocycles. The molecule has 1 N–H and O–H groups in total. The lowest BCUT2D eigenvalue weighted by molar-refractivity contribution is -0.141. The monoisotopic (exact) mass is 597 g/mol. The maximum Gasteiger partial charge on any atom is 0.243 e. The second-order valence-corrected chi connectivity index (χ2v) is 12.8. The summed E-state index contributed by atoms with van der Waals surface area (Å²) in [5.74, 6) is -0.460. The average Bonchev–Trinajstić information content (AvgIpc) is 2.93. The van der Waals surface area contributed by atoms with Crippen molar-refractivity contribution >= 4 is 39.1 Å². The molecule has 2 atom stereocenters. The van der Waals surface area contributed by atoms with Crippen LogP contribution in [0.25, 0.3) is 0 Å². The van der Waals surface area contributed by atoms with Crippen molar-refractivity contribution in [2.24, 2.45) is 0 Å². The number of hydrogen-bond donors (Lipinski definition) is 1. The van der Waals surface area contributed by atoms with Gasteiger partial charge in [0.2, 0.25) is 21.8 Å². The minimum absolute atomic E-state index is 0.0540. The molecule has 0 unspecified atom stereocenters. The molecule has 3 aromatic carbocycles. The second kappa shape index (κ2) is 15.0. The number of carbonyl (C=O) groups is 2. The first-order chi connectivity index (χ1) is 19.5. The topological polar surface area (TPSA) is 86.8 Å². The van der Waals surface area contributed by atoms with E-state index in [0.29, 0.717) is 17.1 Å². The summed E-state index contributed by atoms with van der Waals surface area (Å²) in [5, 5.41) is 3.60. The third-order valence-electron chi connectivity index (χ3n) is 6.99. The third-order valence-corrected chi connectivity index (χ3v) is 8.42. The van der Waals surface area contributed by atoms with E-state index in [1.54, 1.807) is 29.2 Å². The van der Waals surface area contributed by atoms with E-state index >= 15 is 0 Å². The van der Waals surface area contributed by atoms with Gasteiger partial charge in [0, 0.05) is 37.0 Å². The summed E-state index contributed by atoms with van der Waals surface area (Å²) in [6.45, 7) is 6.20. The Labute approximate surface area is 249 Å². The molecule has 9 heteroatoms. The van der Waals surface area contributed by atoms with Crippen LogP contribution in [-0.2, 0) is 32.6 Å². The van der Waals surface area contributed by atoms with E-state index in [-0.39, 0.29) is 43.8 Å². The molecule has 41 heavy (non-hydrogen) atoms. The van der Waals surface area contributed by atoms with Crippen molar-refractivity contribution in [2.75, 3.05) is 17.1 Å². The van der Waals surface area contributed by atoms with Gasteiger partial charge < -0.3 is 10.2 Å². The summed E-state index contributed by atoms with van der Waals surface area (Å²) in [4.78, 5) is 29.1. The van der Waals surface area contributed by atoms with Crippen LogP contribution in [0.4, 0.5) is 5.69 Å². The SMILES string of the molecule is CC[C@H](C)NC(=O)[C@H](Cc1ccccc1)N(Cc1cccc(Cl)c1)C(=O)CCCN(c1ccc(C)cc1)S(C)(=O)=O. The molecule has 0 saturated carbocycles. The molecule has 0 aliphatic heterocycles. The van der Waals surface area contributed by atoms with E-state index in [2.05, 4.69) is 5.32 Å². The molecule has 0 bridgehead atoms. The van der Waals surface area contributed by atoms with Crippen molar-refractivity contribution < 1.29 is 18.0 Å². The van der Waals surface area contributed by atoms with Crippen molar-refractivity contribution in [1.29, 1.82) is 0 Å². The smallest absolute Gasteiger partial charge is 0.243 e. The van der Waals surface area contributed by atoms with Crippen LogP contribution in [0.5, 0.6) is 0 Å². The van der Waals surface area contributed by atoms with Crippen LogP contribution in [0.3, 0.4) is 0 Å². The first kappa shape index (κ1) is 32.2. The van der Waals surface area contributed by atoms with E-state index in [0.717, 1.165) is 29.4 Å². The standard InChI is InChI=1S/C32H40ClN3O4S/c1-5-25(3)34-32(38)30(22-26-11-7-6-8-12-26)35(23-27-13-9-14-28(33)21-27)31(37)15-10-20-36(41(4,39)40)29-18-16-24(2)17-19-29/h6-9,11-14,16-19,21,25,30H,5,10,15,20,22-23H2,1-4H3,(H,34,38)/t25-,30-/m0/s1. The summed E-state index contributed by atoms with van der Waals surface area (Å²) in [6.07, 6.45) is 2.62. The van der Waals surface area contributed by atoms with Gasteiger partial charge in [-0.2, -0.15) is 0 Å². The minimum Gasteiger partial charge on any atom is -0.352 e. The first-order valence-electron chi connectivity index (χ1n) is 13.9. The molecule has 220 valence electrons. The molecule has 3 rings (SSSR count). The number of nitrogens with one attached hydrogen (secondary N) is 1. The molecule has 0 aromatic heterocycles. The Bertz CT molecular complexity index is 1400. The van der Waals surface area contributed by atoms with Crippen LogP contribution >= 0.6 is 11.6 Å². The van der Waals surface area contributed by atoms with Crippen LogP contribution in [0.15, 0.2) is 78.9 Å². The zero-order valence-corrected chi connectivity index (χ0v) is 25.8. The Balaban J connectivity index is 1.89. The highest BCUT2D eigenvalue weighted by Gasteiger charge is 2.31. The number of anilines is 1. The molecule has 0 aliphatic carbocycles. The first-order valence-corrected chi connectivity index (χ1v) is 16.1. The van der Waals surface area contributed by atoms with Gasteiger partial charge in [0.1, 0.15) is 6.04 Å². The normalized spacial score (nSPS) is 12.8. The van der Waals surface area contributed by atoms with Crippen molar-refractivity contribution in [3.63, 3.8) is 0 Å². The Morgan fingerprint density at radius 2 is 1.61 bits per heavy atom. The highest BCUT2D eigenvalue weighted by atomic mass is 35.5. The van der Waals surface area contributed by atoms with Gasteiger partial charge in [-0.1, -0.05) is 78.7 Å². The minimum atomic E-state index is -3.56. The predicted octanol–water partition coefficient (Wildman–Crippen LogP) is 5.75. The maximum atomic E-state index is 13.9. The largest absolute Gasteiger partial charge is 0.352 e. The van der Waals surface area contributed by atoms with E-state index < -0.39 is 16.1 Å². The molecule has 2 amide bonds. The lowest BCUT2D eigenvalue weighted by Gasteiger charge is -2.32. The molecule has 0 spiro atoms. The van der Waals surface area contributed by atoms with Crippen molar-refractivity contribution in [3.05, 3.63) is 101 Å². The molecule has 0 aliphatic rings. The number of carbonyl (C=O) groups excluding carboxylic acids is 2. The fraction of sp³-hybridized carbons (Fsp3) is 0.375. The van der Waals surface area contributed by atoms with Crippen LogP contribution in [0.1, 0.15) is 49.8 Å². The Kier molecular flexibility index (Phi) is 11.8. The third kappa shape index (κ3) is 9.90.